The summed E-state index contributed by atoms with van der Waals surface area (Å²) in [5.41, 5.74) is 0. The molecule has 1 unspecified atom stereocenters. The molecule has 0 N–H and O–H groups in total. The molecule has 0 aliphatic rings. The fourth-order valence-electron chi connectivity index (χ4n) is 6.74. The van der Waals surface area contributed by atoms with Crippen LogP contribution in [-0.4, -0.2) is 37.2 Å². The normalized spacial score (nSPS) is 12.5. The summed E-state index contributed by atoms with van der Waals surface area (Å²) in [6, 6.07) is 0. The second-order valence-electron chi connectivity index (χ2n) is 16.3. The summed E-state index contributed by atoms with van der Waals surface area (Å²) >= 11 is 0. The molecule has 0 saturated heterocycles. The monoisotopic (exact) mass is 825 g/mol. The number of hydrogen-bond donors (Lipinski definition) is 0. The van der Waals surface area contributed by atoms with Gasteiger partial charge in [0.25, 0.3) is 0 Å². The van der Waals surface area contributed by atoms with Crippen molar-refractivity contribution in [2.45, 2.75) is 245 Å². The van der Waals surface area contributed by atoms with Crippen LogP contribution in [0.2, 0.25) is 0 Å². The third-order valence-corrected chi connectivity index (χ3v) is 10.5. The minimum absolute atomic E-state index is 0.0882. The minimum Gasteiger partial charge on any atom is -0.462 e. The Morgan fingerprint density at radius 2 is 0.661 bits per heavy atom. The number of carbonyl (C=O) groups is 3. The molecule has 0 heterocycles. The summed E-state index contributed by atoms with van der Waals surface area (Å²) in [6.07, 6.45) is 57.7. The lowest BCUT2D eigenvalue weighted by atomic mass is 10.1. The van der Waals surface area contributed by atoms with E-state index in [9.17, 15) is 14.4 Å². The van der Waals surface area contributed by atoms with Crippen LogP contribution in [0.25, 0.3) is 0 Å². The Labute approximate surface area is 364 Å². The molecule has 0 rings (SSSR count). The molecule has 0 bridgehead atoms. The summed E-state index contributed by atoms with van der Waals surface area (Å²) in [7, 11) is 0. The fraction of sp³-hybridized carbons (Fsp3) is 0.755. The van der Waals surface area contributed by atoms with Crippen LogP contribution in [0.3, 0.4) is 0 Å². The van der Waals surface area contributed by atoms with Gasteiger partial charge < -0.3 is 14.2 Å². The van der Waals surface area contributed by atoms with Gasteiger partial charge in [0.1, 0.15) is 13.2 Å². The minimum atomic E-state index is -0.789. The first-order valence-electron chi connectivity index (χ1n) is 24.8. The standard InChI is InChI=1S/C53H92O6/c1-4-7-10-13-16-19-22-25-27-29-31-34-37-40-43-46-52(55)58-49-50(48-57-51(54)45-42-39-36-33-30-24-21-18-15-12-9-6-3)59-53(56)47-44-41-38-35-32-28-26-23-20-17-14-11-8-5-2/h8,11,17-22,26,28,50H,4-7,9-10,12-16,23-25,27,29-49H2,1-3H3/b11-8-,20-17-,21-18-,22-19-,28-26-. The third-order valence-electron chi connectivity index (χ3n) is 10.5. The molecule has 0 fully saturated rings. The predicted molar refractivity (Wildman–Crippen MR) is 251 cm³/mol. The van der Waals surface area contributed by atoms with Crippen molar-refractivity contribution in [2.24, 2.45) is 0 Å². The molecule has 1 atom stereocenters. The number of allylic oxidation sites excluding steroid dienone is 10. The molecule has 0 radical (unpaired) electrons. The van der Waals surface area contributed by atoms with Gasteiger partial charge in [0.2, 0.25) is 0 Å². The first-order chi connectivity index (χ1) is 29.0. The zero-order chi connectivity index (χ0) is 43.0. The van der Waals surface area contributed by atoms with Crippen molar-refractivity contribution >= 4 is 17.9 Å². The van der Waals surface area contributed by atoms with E-state index < -0.39 is 6.10 Å². The largest absolute Gasteiger partial charge is 0.462 e. The second-order valence-corrected chi connectivity index (χ2v) is 16.3. The summed E-state index contributed by atoms with van der Waals surface area (Å²) in [6.45, 7) is 6.46. The highest BCUT2D eigenvalue weighted by atomic mass is 16.6. The first kappa shape index (κ1) is 56.1. The van der Waals surface area contributed by atoms with E-state index in [0.717, 1.165) is 96.3 Å². The van der Waals surface area contributed by atoms with E-state index in [0.29, 0.717) is 19.3 Å². The lowest BCUT2D eigenvalue weighted by Crippen LogP contribution is -2.30. The van der Waals surface area contributed by atoms with Gasteiger partial charge in [0, 0.05) is 19.3 Å². The third kappa shape index (κ3) is 46.0. The molecular formula is C53H92O6. The maximum Gasteiger partial charge on any atom is 0.306 e. The van der Waals surface area contributed by atoms with Gasteiger partial charge in [-0.1, -0.05) is 178 Å². The average molecular weight is 825 g/mol. The van der Waals surface area contributed by atoms with E-state index in [4.69, 9.17) is 14.2 Å². The van der Waals surface area contributed by atoms with Crippen LogP contribution in [0.4, 0.5) is 0 Å². The lowest BCUT2D eigenvalue weighted by molar-refractivity contribution is -0.167. The lowest BCUT2D eigenvalue weighted by Gasteiger charge is -2.18. The highest BCUT2D eigenvalue weighted by molar-refractivity contribution is 5.71. The molecule has 0 aromatic rings. The van der Waals surface area contributed by atoms with Crippen molar-refractivity contribution in [3.63, 3.8) is 0 Å². The molecule has 6 heteroatoms. The Bertz CT molecular complexity index is 1090. The molecule has 0 aliphatic heterocycles. The molecule has 0 saturated carbocycles. The van der Waals surface area contributed by atoms with Crippen LogP contribution in [-0.2, 0) is 28.6 Å². The molecular weight excluding hydrogens is 733 g/mol. The van der Waals surface area contributed by atoms with Crippen molar-refractivity contribution in [2.75, 3.05) is 13.2 Å². The van der Waals surface area contributed by atoms with Crippen molar-refractivity contribution in [1.82, 2.24) is 0 Å². The van der Waals surface area contributed by atoms with Crippen LogP contribution in [0.1, 0.15) is 239 Å². The van der Waals surface area contributed by atoms with E-state index in [2.05, 4.69) is 81.5 Å². The zero-order valence-electron chi connectivity index (χ0n) is 38.8. The van der Waals surface area contributed by atoms with E-state index >= 15 is 0 Å². The smallest absolute Gasteiger partial charge is 0.306 e. The molecule has 0 aromatic carbocycles. The Balaban J connectivity index is 4.42. The maximum atomic E-state index is 12.8. The Kier molecular flexibility index (Phi) is 45.4. The summed E-state index contributed by atoms with van der Waals surface area (Å²) in [5.74, 6) is -0.923. The summed E-state index contributed by atoms with van der Waals surface area (Å²) in [5, 5.41) is 0. The van der Waals surface area contributed by atoms with Crippen LogP contribution in [0.15, 0.2) is 60.8 Å². The molecule has 6 nitrogen and oxygen atoms in total. The highest BCUT2D eigenvalue weighted by Crippen LogP contribution is 2.14. The number of unbranched alkanes of at least 4 members (excludes halogenated alkanes) is 23. The van der Waals surface area contributed by atoms with Gasteiger partial charge in [0.05, 0.1) is 0 Å². The van der Waals surface area contributed by atoms with Crippen molar-refractivity contribution in [1.29, 1.82) is 0 Å². The molecule has 0 aromatic heterocycles. The van der Waals surface area contributed by atoms with Gasteiger partial charge in [-0.05, 0) is 103 Å². The van der Waals surface area contributed by atoms with Gasteiger partial charge in [-0.3, -0.25) is 14.4 Å². The average Bonchev–Trinajstić information content (AvgIpc) is 3.23. The zero-order valence-corrected chi connectivity index (χ0v) is 38.8. The highest BCUT2D eigenvalue weighted by Gasteiger charge is 2.19. The van der Waals surface area contributed by atoms with Crippen LogP contribution in [0.5, 0.6) is 0 Å². The Morgan fingerprint density at radius 1 is 0.356 bits per heavy atom. The van der Waals surface area contributed by atoms with Crippen molar-refractivity contribution in [3.8, 4) is 0 Å². The molecule has 0 aliphatic carbocycles. The molecule has 0 spiro atoms. The first-order valence-corrected chi connectivity index (χ1v) is 24.8. The summed E-state index contributed by atoms with van der Waals surface area (Å²) < 4.78 is 16.7. The molecule has 59 heavy (non-hydrogen) atoms. The van der Waals surface area contributed by atoms with E-state index in [1.54, 1.807) is 0 Å². The van der Waals surface area contributed by atoms with E-state index in [1.807, 2.05) is 0 Å². The topological polar surface area (TPSA) is 78.9 Å². The van der Waals surface area contributed by atoms with E-state index in [1.165, 1.54) is 103 Å². The predicted octanol–water partition coefficient (Wildman–Crippen LogP) is 16.1. The van der Waals surface area contributed by atoms with Crippen LogP contribution < -0.4 is 0 Å². The molecule has 340 valence electrons. The number of ether oxygens (including phenoxy) is 3. The fourth-order valence-corrected chi connectivity index (χ4v) is 6.74. The van der Waals surface area contributed by atoms with Crippen LogP contribution >= 0.6 is 0 Å². The van der Waals surface area contributed by atoms with Gasteiger partial charge in [-0.25, -0.2) is 0 Å². The number of rotatable bonds is 44. The van der Waals surface area contributed by atoms with E-state index in [-0.39, 0.29) is 31.1 Å². The van der Waals surface area contributed by atoms with Gasteiger partial charge in [0.15, 0.2) is 6.10 Å². The van der Waals surface area contributed by atoms with Crippen molar-refractivity contribution in [3.05, 3.63) is 60.8 Å². The quantitative estimate of drug-likeness (QED) is 0.0263. The van der Waals surface area contributed by atoms with Gasteiger partial charge in [-0.15, -0.1) is 0 Å². The number of carbonyl (C=O) groups excluding carboxylic acids is 3. The Hall–Kier alpha value is -2.89. The maximum absolute atomic E-state index is 12.8. The Morgan fingerprint density at radius 3 is 1.08 bits per heavy atom. The van der Waals surface area contributed by atoms with Crippen LogP contribution in [0, 0.1) is 0 Å². The second kappa shape index (κ2) is 47.8. The molecule has 0 amide bonds. The number of esters is 3. The number of hydrogen-bond acceptors (Lipinski definition) is 6. The van der Waals surface area contributed by atoms with Gasteiger partial charge in [-0.2, -0.15) is 0 Å². The summed E-state index contributed by atoms with van der Waals surface area (Å²) in [4.78, 5) is 37.9. The SMILES string of the molecule is CC/C=C\C/C=C\C/C=C\CCCCCCC(=O)OC(COC(=O)CCCCCCC/C=C\CCCCC)COC(=O)CCCCCCCCC/C=C\CCCCCC. The van der Waals surface area contributed by atoms with Crippen molar-refractivity contribution < 1.29 is 28.6 Å². The van der Waals surface area contributed by atoms with Gasteiger partial charge >= 0.3 is 17.9 Å².